The maximum absolute atomic E-state index is 11.9. The van der Waals surface area contributed by atoms with E-state index in [0.717, 1.165) is 12.8 Å². The highest BCUT2D eigenvalue weighted by atomic mass is 16.6. The number of carbonyl (C=O) groups excluding carboxylic acids is 1. The van der Waals surface area contributed by atoms with Crippen LogP contribution in [-0.4, -0.2) is 40.9 Å². The smallest absolute Gasteiger partial charge is 0.410 e. The molecule has 2 rings (SSSR count). The number of hydrogen-bond donors (Lipinski definition) is 1. The number of hydrogen-bond acceptors (Lipinski definition) is 3. The minimum Gasteiger partial charge on any atom is -0.444 e. The molecule has 1 saturated heterocycles. The van der Waals surface area contributed by atoms with Gasteiger partial charge >= 0.3 is 6.09 Å². The molecule has 0 aromatic rings. The van der Waals surface area contributed by atoms with E-state index in [2.05, 4.69) is 0 Å². The lowest BCUT2D eigenvalue weighted by molar-refractivity contribution is -0.0156. The second-order valence-corrected chi connectivity index (χ2v) is 6.07. The predicted octanol–water partition coefficient (Wildman–Crippen LogP) is 3.82. The van der Waals surface area contributed by atoms with Crippen LogP contribution in [0.2, 0.25) is 0 Å². The molecule has 1 saturated carbocycles. The number of rotatable bonds is 0. The molecule has 1 unspecified atom stereocenters. The summed E-state index contributed by atoms with van der Waals surface area (Å²) in [6.45, 7) is 14.9. The van der Waals surface area contributed by atoms with E-state index in [9.17, 15) is 9.90 Å². The van der Waals surface area contributed by atoms with Gasteiger partial charge in [0.15, 0.2) is 0 Å². The first-order valence-corrected chi connectivity index (χ1v) is 7.98. The van der Waals surface area contributed by atoms with Crippen molar-refractivity contribution in [1.82, 2.24) is 4.90 Å². The Labute approximate surface area is 124 Å². The zero-order valence-electron chi connectivity index (χ0n) is 14.3. The van der Waals surface area contributed by atoms with E-state index in [1.165, 1.54) is 0 Å². The van der Waals surface area contributed by atoms with Gasteiger partial charge in [0.2, 0.25) is 0 Å². The molecular weight excluding hydrogens is 254 g/mol. The highest BCUT2D eigenvalue weighted by molar-refractivity contribution is 5.68. The molecule has 0 aromatic heterocycles. The lowest BCUT2D eigenvalue weighted by Gasteiger charge is -2.37. The summed E-state index contributed by atoms with van der Waals surface area (Å²) in [6.07, 6.45) is 2.28. The lowest BCUT2D eigenvalue weighted by Crippen LogP contribution is -2.48. The zero-order valence-corrected chi connectivity index (χ0v) is 14.3. The lowest BCUT2D eigenvalue weighted by atomic mass is 9.92. The number of ether oxygens (including phenoxy) is 1. The monoisotopic (exact) mass is 287 g/mol. The van der Waals surface area contributed by atoms with Crippen LogP contribution in [0.4, 0.5) is 4.79 Å². The summed E-state index contributed by atoms with van der Waals surface area (Å²) in [6, 6.07) is 0. The van der Waals surface area contributed by atoms with Crippen molar-refractivity contribution in [1.29, 1.82) is 0 Å². The molecule has 4 nitrogen and oxygen atoms in total. The van der Waals surface area contributed by atoms with Gasteiger partial charge in [-0.15, -0.1) is 0 Å². The average molecular weight is 287 g/mol. The Morgan fingerprint density at radius 1 is 1.20 bits per heavy atom. The van der Waals surface area contributed by atoms with Crippen LogP contribution in [-0.2, 0) is 4.74 Å². The second-order valence-electron chi connectivity index (χ2n) is 6.07. The van der Waals surface area contributed by atoms with Gasteiger partial charge in [-0.05, 0) is 40.0 Å². The number of aliphatic hydroxyl groups excluding tert-OH is 1. The maximum atomic E-state index is 11.9. The van der Waals surface area contributed by atoms with Gasteiger partial charge in [0, 0.05) is 18.5 Å². The van der Waals surface area contributed by atoms with Crippen molar-refractivity contribution in [2.24, 2.45) is 5.41 Å². The normalized spacial score (nSPS) is 23.0. The van der Waals surface area contributed by atoms with Crippen molar-refractivity contribution >= 4 is 6.09 Å². The predicted molar refractivity (Wildman–Crippen MR) is 82.8 cm³/mol. The van der Waals surface area contributed by atoms with Gasteiger partial charge in [-0.1, -0.05) is 27.7 Å². The molecule has 20 heavy (non-hydrogen) atoms. The third-order valence-electron chi connectivity index (χ3n) is 3.43. The third-order valence-corrected chi connectivity index (χ3v) is 3.43. The number of likely N-dealkylation sites (tertiary alicyclic amines) is 1. The highest BCUT2D eigenvalue weighted by Crippen LogP contribution is 2.52. The summed E-state index contributed by atoms with van der Waals surface area (Å²) < 4.78 is 5.34. The maximum Gasteiger partial charge on any atom is 0.410 e. The summed E-state index contributed by atoms with van der Waals surface area (Å²) in [4.78, 5) is 13.6. The molecule has 120 valence electrons. The Balaban J connectivity index is 0.000000829. The summed E-state index contributed by atoms with van der Waals surface area (Å²) >= 11 is 0. The van der Waals surface area contributed by atoms with Crippen LogP contribution in [0.3, 0.4) is 0 Å². The fourth-order valence-electron chi connectivity index (χ4n) is 2.28. The van der Waals surface area contributed by atoms with E-state index >= 15 is 0 Å². The summed E-state index contributed by atoms with van der Waals surface area (Å²) in [5.74, 6) is 0. The number of carbonyl (C=O) groups is 1. The van der Waals surface area contributed by atoms with Crippen molar-refractivity contribution < 1.29 is 14.6 Å². The first-order chi connectivity index (χ1) is 9.32. The number of aliphatic hydroxyl groups is 1. The van der Waals surface area contributed by atoms with Gasteiger partial charge < -0.3 is 14.7 Å². The number of piperidine rings is 1. The molecule has 0 bridgehead atoms. The largest absolute Gasteiger partial charge is 0.444 e. The van der Waals surface area contributed by atoms with Crippen molar-refractivity contribution in [3.63, 3.8) is 0 Å². The van der Waals surface area contributed by atoms with Crippen LogP contribution >= 0.6 is 0 Å². The van der Waals surface area contributed by atoms with Crippen molar-refractivity contribution in [2.45, 2.75) is 79.4 Å². The minimum atomic E-state index is -0.441. The Morgan fingerprint density at radius 2 is 1.70 bits per heavy atom. The fraction of sp³-hybridized carbons (Fsp3) is 0.938. The Bertz CT molecular complexity index is 293. The van der Waals surface area contributed by atoms with Gasteiger partial charge in [0.05, 0.1) is 6.10 Å². The van der Waals surface area contributed by atoms with Gasteiger partial charge in [0.25, 0.3) is 0 Å². The van der Waals surface area contributed by atoms with Gasteiger partial charge in [-0.3, -0.25) is 0 Å². The van der Waals surface area contributed by atoms with Crippen LogP contribution < -0.4 is 0 Å². The van der Waals surface area contributed by atoms with E-state index in [1.807, 2.05) is 48.5 Å². The number of nitrogens with zero attached hydrogens (tertiary/aromatic N) is 1. The standard InChI is InChI=1S/C12H21NO3.2C2H6/c1-11(2,3)16-10(15)13-7-4-9(14)12(8-13)5-6-12;2*1-2/h9,14H,4-8H2,1-3H3;2*1-2H3. The zero-order chi connectivity index (χ0) is 16.0. The molecule has 2 fully saturated rings. The molecule has 1 amide bonds. The van der Waals surface area contributed by atoms with Crippen LogP contribution in [0.15, 0.2) is 0 Å². The van der Waals surface area contributed by atoms with E-state index in [1.54, 1.807) is 4.90 Å². The molecule has 4 heteroatoms. The molecule has 2 aliphatic rings. The third kappa shape index (κ3) is 5.31. The summed E-state index contributed by atoms with van der Waals surface area (Å²) in [7, 11) is 0. The second kappa shape index (κ2) is 7.87. The first-order valence-electron chi connectivity index (χ1n) is 7.98. The summed E-state index contributed by atoms with van der Waals surface area (Å²) in [5, 5.41) is 9.85. The quantitative estimate of drug-likeness (QED) is 0.737. The van der Waals surface area contributed by atoms with Crippen molar-refractivity contribution in [2.75, 3.05) is 13.1 Å². The molecular formula is C16H33NO3. The van der Waals surface area contributed by atoms with Gasteiger partial charge in [-0.2, -0.15) is 0 Å². The van der Waals surface area contributed by atoms with E-state index in [0.29, 0.717) is 19.5 Å². The van der Waals surface area contributed by atoms with E-state index in [-0.39, 0.29) is 17.6 Å². The van der Waals surface area contributed by atoms with Gasteiger partial charge in [-0.25, -0.2) is 4.79 Å². The van der Waals surface area contributed by atoms with Gasteiger partial charge in [0.1, 0.15) is 5.60 Å². The Kier molecular flexibility index (Phi) is 7.56. The van der Waals surface area contributed by atoms with E-state index in [4.69, 9.17) is 4.74 Å². The van der Waals surface area contributed by atoms with Crippen LogP contribution in [0.25, 0.3) is 0 Å². The minimum absolute atomic E-state index is 0.00481. The van der Waals surface area contributed by atoms with E-state index < -0.39 is 5.60 Å². The molecule has 0 radical (unpaired) electrons. The van der Waals surface area contributed by atoms with Crippen molar-refractivity contribution in [3.8, 4) is 0 Å². The molecule has 1 N–H and O–H groups in total. The van der Waals surface area contributed by atoms with Crippen molar-refractivity contribution in [3.05, 3.63) is 0 Å². The molecule has 1 aliphatic heterocycles. The summed E-state index contributed by atoms with van der Waals surface area (Å²) in [5.41, 5.74) is -0.445. The molecule has 0 aromatic carbocycles. The van der Waals surface area contributed by atoms with Crippen LogP contribution in [0, 0.1) is 5.41 Å². The molecule has 1 atom stereocenters. The molecule has 1 spiro atoms. The Hall–Kier alpha value is -0.770. The topological polar surface area (TPSA) is 49.8 Å². The molecule has 1 aliphatic carbocycles. The van der Waals surface area contributed by atoms with Crippen LogP contribution in [0.1, 0.15) is 67.7 Å². The Morgan fingerprint density at radius 3 is 2.10 bits per heavy atom. The molecule has 1 heterocycles. The first kappa shape index (κ1) is 19.2. The SMILES string of the molecule is CC.CC.CC(C)(C)OC(=O)N1CCC(O)C2(CC2)C1. The highest BCUT2D eigenvalue weighted by Gasteiger charge is 2.53. The number of amides is 1. The average Bonchev–Trinajstić information content (AvgIpc) is 3.16. The fourth-order valence-corrected chi connectivity index (χ4v) is 2.28. The van der Waals surface area contributed by atoms with Crippen LogP contribution in [0.5, 0.6) is 0 Å².